The number of nitrogens with zero attached hydrogens (tertiary/aromatic N) is 1. The zero-order valence-electron chi connectivity index (χ0n) is 10.6. The third-order valence-electron chi connectivity index (χ3n) is 2.67. The molecular weight excluding hydrogens is 412 g/mol. The minimum Gasteiger partial charge on any atom is -0.404 e. The molecule has 2 aromatic heterocycles. The normalized spacial score (nSPS) is 12.6. The number of furan rings is 1. The second kappa shape index (κ2) is 6.84. The lowest BCUT2D eigenvalue weighted by Gasteiger charge is -2.15. The van der Waals surface area contributed by atoms with Crippen molar-refractivity contribution in [3.05, 3.63) is 47.2 Å². The van der Waals surface area contributed by atoms with E-state index in [1.807, 2.05) is 6.07 Å². The van der Waals surface area contributed by atoms with Gasteiger partial charge in [0.2, 0.25) is 0 Å². The Kier molecular flexibility index (Phi) is 5.36. The van der Waals surface area contributed by atoms with Gasteiger partial charge in [0.1, 0.15) is 10.7 Å². The van der Waals surface area contributed by atoms with Crippen LogP contribution in [0.15, 0.2) is 30.2 Å². The van der Waals surface area contributed by atoms with Gasteiger partial charge in [0.05, 0.1) is 19.7 Å². The first kappa shape index (κ1) is 15.7. The third-order valence-corrected chi connectivity index (χ3v) is 5.06. The Balaban J connectivity index is 2.35. The molecule has 1 unspecified atom stereocenters. The van der Waals surface area contributed by atoms with Crippen LogP contribution in [0.2, 0.25) is 0 Å². The van der Waals surface area contributed by atoms with Crippen LogP contribution in [0.25, 0.3) is 0 Å². The minimum atomic E-state index is -0.529. The molecule has 0 aliphatic heterocycles. The van der Waals surface area contributed by atoms with Crippen LogP contribution in [0.4, 0.5) is 5.88 Å². The highest BCUT2D eigenvalue weighted by Crippen LogP contribution is 2.38. The first-order valence-electron chi connectivity index (χ1n) is 5.95. The smallest absolute Gasteiger partial charge is 0.404 e. The van der Waals surface area contributed by atoms with Crippen LogP contribution in [0.1, 0.15) is 30.7 Å². The number of rotatable bonds is 6. The van der Waals surface area contributed by atoms with Crippen molar-refractivity contribution in [2.75, 3.05) is 6.54 Å². The van der Waals surface area contributed by atoms with E-state index < -0.39 is 4.92 Å². The maximum atomic E-state index is 10.7. The van der Waals surface area contributed by atoms with Gasteiger partial charge in [0, 0.05) is 5.56 Å². The number of halogens is 2. The molecule has 0 aliphatic carbocycles. The summed E-state index contributed by atoms with van der Waals surface area (Å²) < 4.78 is 7.29. The second-order valence-electron chi connectivity index (χ2n) is 4.10. The number of nitrogens with one attached hydrogen (secondary N) is 1. The molecule has 0 bridgehead atoms. The van der Waals surface area contributed by atoms with Crippen molar-refractivity contribution in [1.82, 2.24) is 5.32 Å². The molecule has 1 atom stereocenters. The van der Waals surface area contributed by atoms with E-state index in [1.165, 1.54) is 6.07 Å². The maximum Gasteiger partial charge on any atom is 0.433 e. The first-order valence-corrected chi connectivity index (χ1v) is 8.35. The van der Waals surface area contributed by atoms with Crippen LogP contribution in [0.3, 0.4) is 0 Å². The number of hydrogen-bond donors (Lipinski definition) is 1. The van der Waals surface area contributed by atoms with Crippen molar-refractivity contribution < 1.29 is 9.34 Å². The largest absolute Gasteiger partial charge is 0.433 e. The van der Waals surface area contributed by atoms with Gasteiger partial charge in [-0.1, -0.05) is 6.92 Å². The van der Waals surface area contributed by atoms with Crippen molar-refractivity contribution in [1.29, 1.82) is 0 Å². The Morgan fingerprint density at radius 2 is 2.25 bits per heavy atom. The van der Waals surface area contributed by atoms with E-state index in [0.29, 0.717) is 5.76 Å². The molecule has 0 aromatic carbocycles. The van der Waals surface area contributed by atoms with Gasteiger partial charge in [-0.15, -0.1) is 11.3 Å². The van der Waals surface area contributed by atoms with Gasteiger partial charge in [-0.25, -0.2) is 0 Å². The molecular formula is C12H12Br2N2O3S. The molecule has 0 saturated carbocycles. The van der Waals surface area contributed by atoms with Crippen LogP contribution in [0, 0.1) is 10.1 Å². The Labute approximate surface area is 136 Å². The molecule has 2 rings (SSSR count). The van der Waals surface area contributed by atoms with Crippen molar-refractivity contribution in [2.45, 2.75) is 19.4 Å². The summed E-state index contributed by atoms with van der Waals surface area (Å²) in [5, 5.41) is 14.1. The second-order valence-corrected chi connectivity index (χ2v) is 7.85. The molecule has 20 heavy (non-hydrogen) atoms. The van der Waals surface area contributed by atoms with Crippen LogP contribution in [0.5, 0.6) is 0 Å². The van der Waals surface area contributed by atoms with E-state index in [9.17, 15) is 10.1 Å². The molecule has 0 amide bonds. The average Bonchev–Trinajstić information content (AvgIpc) is 2.98. The SMILES string of the molecule is CCCNC(c1ccc([N+](=O)[O-])o1)c1cc(Br)sc1Br. The van der Waals surface area contributed by atoms with Crippen molar-refractivity contribution in [3.63, 3.8) is 0 Å². The number of hydrogen-bond acceptors (Lipinski definition) is 5. The highest BCUT2D eigenvalue weighted by atomic mass is 79.9. The summed E-state index contributed by atoms with van der Waals surface area (Å²) in [6.07, 6.45) is 0.961. The van der Waals surface area contributed by atoms with E-state index in [2.05, 4.69) is 44.1 Å². The highest BCUT2D eigenvalue weighted by molar-refractivity contribution is 9.12. The van der Waals surface area contributed by atoms with Gasteiger partial charge >= 0.3 is 5.88 Å². The van der Waals surface area contributed by atoms with Gasteiger partial charge in [-0.3, -0.25) is 10.1 Å². The average molecular weight is 424 g/mol. The third kappa shape index (κ3) is 3.49. The summed E-state index contributed by atoms with van der Waals surface area (Å²) in [6.45, 7) is 2.85. The lowest BCUT2D eigenvalue weighted by molar-refractivity contribution is -0.402. The Morgan fingerprint density at radius 3 is 2.75 bits per heavy atom. The quantitative estimate of drug-likeness (QED) is 0.531. The summed E-state index contributed by atoms with van der Waals surface area (Å²) in [5.41, 5.74) is 1.000. The molecule has 0 spiro atoms. The molecule has 108 valence electrons. The van der Waals surface area contributed by atoms with E-state index in [-0.39, 0.29) is 11.9 Å². The van der Waals surface area contributed by atoms with Crippen LogP contribution in [-0.4, -0.2) is 11.5 Å². The fraction of sp³-hybridized carbons (Fsp3) is 0.333. The van der Waals surface area contributed by atoms with Gasteiger partial charge in [0.15, 0.2) is 0 Å². The molecule has 0 fully saturated rings. The van der Waals surface area contributed by atoms with Gasteiger partial charge in [-0.05, 0) is 57.0 Å². The fourth-order valence-electron chi connectivity index (χ4n) is 1.80. The van der Waals surface area contributed by atoms with Gasteiger partial charge < -0.3 is 9.73 Å². The van der Waals surface area contributed by atoms with E-state index in [4.69, 9.17) is 4.42 Å². The molecule has 2 aromatic rings. The van der Waals surface area contributed by atoms with Crippen molar-refractivity contribution in [3.8, 4) is 0 Å². The molecule has 2 heterocycles. The van der Waals surface area contributed by atoms with E-state index >= 15 is 0 Å². The lowest BCUT2D eigenvalue weighted by Crippen LogP contribution is -2.22. The maximum absolute atomic E-state index is 10.7. The van der Waals surface area contributed by atoms with Crippen LogP contribution in [-0.2, 0) is 0 Å². The summed E-state index contributed by atoms with van der Waals surface area (Å²) in [7, 11) is 0. The fourth-order valence-corrected chi connectivity index (χ4v) is 4.70. The zero-order chi connectivity index (χ0) is 14.7. The van der Waals surface area contributed by atoms with Crippen molar-refractivity contribution in [2.24, 2.45) is 0 Å². The molecule has 0 aliphatic rings. The van der Waals surface area contributed by atoms with Gasteiger partial charge in [0.25, 0.3) is 0 Å². The molecule has 8 heteroatoms. The van der Waals surface area contributed by atoms with Crippen LogP contribution >= 0.6 is 43.2 Å². The van der Waals surface area contributed by atoms with Gasteiger partial charge in [-0.2, -0.15) is 0 Å². The molecule has 0 radical (unpaired) electrons. The van der Waals surface area contributed by atoms with E-state index in [0.717, 1.165) is 26.1 Å². The Bertz CT molecular complexity index is 612. The topological polar surface area (TPSA) is 68.3 Å². The predicted octanol–water partition coefficient (Wildman–Crippen LogP) is 4.86. The minimum absolute atomic E-state index is 0.208. The Hall–Kier alpha value is -0.700. The highest BCUT2D eigenvalue weighted by Gasteiger charge is 2.24. The number of thiophene rings is 1. The standard InChI is InChI=1S/C12H12Br2N2O3S/c1-2-5-15-11(7-6-9(13)20-12(7)14)8-3-4-10(19-8)16(17)18/h3-4,6,11,15H,2,5H2,1H3. The van der Waals surface area contributed by atoms with Crippen molar-refractivity contribution >= 4 is 49.1 Å². The molecule has 5 nitrogen and oxygen atoms in total. The van der Waals surface area contributed by atoms with Crippen LogP contribution < -0.4 is 5.32 Å². The zero-order valence-corrected chi connectivity index (χ0v) is 14.5. The monoisotopic (exact) mass is 422 g/mol. The first-order chi connectivity index (χ1) is 9.52. The summed E-state index contributed by atoms with van der Waals surface area (Å²) in [4.78, 5) is 10.2. The summed E-state index contributed by atoms with van der Waals surface area (Å²) in [5.74, 6) is 0.296. The predicted molar refractivity (Wildman–Crippen MR) is 85.2 cm³/mol. The summed E-state index contributed by atoms with van der Waals surface area (Å²) >= 11 is 8.51. The Morgan fingerprint density at radius 1 is 1.50 bits per heavy atom. The number of nitro groups is 1. The molecule has 0 saturated heterocycles. The summed E-state index contributed by atoms with van der Waals surface area (Å²) in [6, 6.07) is 4.80. The van der Waals surface area contributed by atoms with E-state index in [1.54, 1.807) is 17.4 Å². The molecule has 1 N–H and O–H groups in total. The lowest BCUT2D eigenvalue weighted by atomic mass is 10.1.